The number of furan rings is 1. The average Bonchev–Trinajstić information content (AvgIpc) is 2.88. The van der Waals surface area contributed by atoms with E-state index < -0.39 is 0 Å². The molecule has 2 nitrogen and oxygen atoms in total. The molecule has 20 heavy (non-hydrogen) atoms. The van der Waals surface area contributed by atoms with Gasteiger partial charge in [0.05, 0.1) is 6.54 Å². The quantitative estimate of drug-likeness (QED) is 0.735. The Bertz CT molecular complexity index is 669. The third kappa shape index (κ3) is 2.87. The molecule has 3 aromatic rings. The number of hydrogen-bond donors (Lipinski definition) is 1. The van der Waals surface area contributed by atoms with Crippen molar-refractivity contribution in [2.75, 3.05) is 0 Å². The predicted octanol–water partition coefficient (Wildman–Crippen LogP) is 4.94. The minimum absolute atomic E-state index is 0.250. The molecule has 0 bridgehead atoms. The van der Waals surface area contributed by atoms with Gasteiger partial charge in [0.25, 0.3) is 0 Å². The summed E-state index contributed by atoms with van der Waals surface area (Å²) in [5.41, 5.74) is 2.15. The first-order valence-corrected chi connectivity index (χ1v) is 7.06. The summed E-state index contributed by atoms with van der Waals surface area (Å²) in [4.78, 5) is 0. The van der Waals surface area contributed by atoms with Gasteiger partial charge in [0, 0.05) is 16.5 Å². The topological polar surface area (TPSA) is 25.2 Å². The number of halogens is 1. The van der Waals surface area contributed by atoms with Crippen LogP contribution in [0, 0.1) is 0 Å². The molecule has 2 aromatic carbocycles. The van der Waals surface area contributed by atoms with Crippen LogP contribution in [0.4, 0.5) is 0 Å². The van der Waals surface area contributed by atoms with Crippen molar-refractivity contribution < 1.29 is 4.42 Å². The van der Waals surface area contributed by atoms with Gasteiger partial charge in [-0.25, -0.2) is 0 Å². The molecule has 0 fully saturated rings. The van der Waals surface area contributed by atoms with Gasteiger partial charge in [-0.3, -0.25) is 0 Å². The largest absolute Gasteiger partial charge is 0.460 e. The van der Waals surface area contributed by atoms with Gasteiger partial charge in [0.2, 0.25) is 0 Å². The fourth-order valence-electron chi connectivity index (χ4n) is 2.25. The Hall–Kier alpha value is -1.77. The Morgan fingerprint density at radius 2 is 1.85 bits per heavy atom. The third-order valence-electron chi connectivity index (χ3n) is 3.43. The Morgan fingerprint density at radius 1 is 1.10 bits per heavy atom. The normalized spacial score (nSPS) is 12.7. The zero-order valence-corrected chi connectivity index (χ0v) is 12.0. The maximum atomic E-state index is 5.90. The Kier molecular flexibility index (Phi) is 3.77. The molecule has 0 radical (unpaired) electrons. The second kappa shape index (κ2) is 5.70. The molecule has 0 aliphatic rings. The van der Waals surface area contributed by atoms with Crippen LogP contribution in [-0.2, 0) is 6.54 Å². The molecule has 0 aliphatic heterocycles. The number of benzene rings is 2. The van der Waals surface area contributed by atoms with Gasteiger partial charge in [0.1, 0.15) is 11.3 Å². The lowest BCUT2D eigenvalue weighted by Gasteiger charge is -2.13. The first-order chi connectivity index (χ1) is 9.72. The van der Waals surface area contributed by atoms with E-state index in [4.69, 9.17) is 16.0 Å². The van der Waals surface area contributed by atoms with Crippen molar-refractivity contribution >= 4 is 22.6 Å². The molecule has 1 aromatic heterocycles. The molecule has 0 saturated carbocycles. The van der Waals surface area contributed by atoms with Crippen LogP contribution in [0.15, 0.2) is 59.0 Å². The summed E-state index contributed by atoms with van der Waals surface area (Å²) >= 11 is 5.90. The van der Waals surface area contributed by atoms with Crippen molar-refractivity contribution in [3.05, 3.63) is 70.9 Å². The maximum Gasteiger partial charge on any atom is 0.134 e. The van der Waals surface area contributed by atoms with Gasteiger partial charge in [-0.2, -0.15) is 0 Å². The fraction of sp³-hybridized carbons (Fsp3) is 0.176. The lowest BCUT2D eigenvalue weighted by atomic mass is 10.1. The molecule has 1 atom stereocenters. The van der Waals surface area contributed by atoms with Crippen LogP contribution in [0.1, 0.15) is 24.3 Å². The smallest absolute Gasteiger partial charge is 0.134 e. The molecular formula is C17H16ClNO. The summed E-state index contributed by atoms with van der Waals surface area (Å²) in [7, 11) is 0. The van der Waals surface area contributed by atoms with Gasteiger partial charge in [-0.1, -0.05) is 41.9 Å². The number of para-hydroxylation sites is 1. The third-order valence-corrected chi connectivity index (χ3v) is 3.68. The maximum absolute atomic E-state index is 5.90. The van der Waals surface area contributed by atoms with Crippen molar-refractivity contribution in [2.24, 2.45) is 0 Å². The Labute approximate surface area is 123 Å². The van der Waals surface area contributed by atoms with E-state index in [2.05, 4.69) is 24.4 Å². The number of fused-ring (bicyclic) bond motifs is 1. The van der Waals surface area contributed by atoms with Crippen LogP contribution < -0.4 is 5.32 Å². The SMILES string of the molecule is C[C@H](NCc1cc2ccccc2o1)c1ccc(Cl)cc1. The molecule has 0 unspecified atom stereocenters. The number of nitrogens with one attached hydrogen (secondary N) is 1. The van der Waals surface area contributed by atoms with E-state index in [1.165, 1.54) is 5.56 Å². The molecule has 1 N–H and O–H groups in total. The first-order valence-electron chi connectivity index (χ1n) is 6.69. The Morgan fingerprint density at radius 3 is 2.60 bits per heavy atom. The lowest BCUT2D eigenvalue weighted by Crippen LogP contribution is -2.17. The highest BCUT2D eigenvalue weighted by atomic mass is 35.5. The Balaban J connectivity index is 1.68. The summed E-state index contributed by atoms with van der Waals surface area (Å²) in [6, 6.07) is 18.3. The molecule has 102 valence electrons. The summed E-state index contributed by atoms with van der Waals surface area (Å²) in [5.74, 6) is 0.951. The monoisotopic (exact) mass is 285 g/mol. The van der Waals surface area contributed by atoms with Crippen molar-refractivity contribution in [3.63, 3.8) is 0 Å². The van der Waals surface area contributed by atoms with Gasteiger partial charge in [-0.15, -0.1) is 0 Å². The van der Waals surface area contributed by atoms with E-state index in [1.54, 1.807) is 0 Å². The van der Waals surface area contributed by atoms with E-state index in [9.17, 15) is 0 Å². The summed E-state index contributed by atoms with van der Waals surface area (Å²) in [6.07, 6.45) is 0. The highest BCUT2D eigenvalue weighted by molar-refractivity contribution is 6.30. The van der Waals surface area contributed by atoms with Crippen LogP contribution in [0.3, 0.4) is 0 Å². The van der Waals surface area contributed by atoms with Crippen molar-refractivity contribution in [1.29, 1.82) is 0 Å². The van der Waals surface area contributed by atoms with Gasteiger partial charge < -0.3 is 9.73 Å². The van der Waals surface area contributed by atoms with E-state index in [1.807, 2.05) is 42.5 Å². The molecular weight excluding hydrogens is 270 g/mol. The van der Waals surface area contributed by atoms with Gasteiger partial charge in [-0.05, 0) is 36.8 Å². The highest BCUT2D eigenvalue weighted by Crippen LogP contribution is 2.20. The minimum Gasteiger partial charge on any atom is -0.460 e. The molecule has 0 spiro atoms. The summed E-state index contributed by atoms with van der Waals surface area (Å²) in [5, 5.41) is 5.36. The molecule has 0 amide bonds. The molecule has 3 rings (SSSR count). The van der Waals surface area contributed by atoms with E-state index >= 15 is 0 Å². The summed E-state index contributed by atoms with van der Waals surface area (Å²) in [6.45, 7) is 2.84. The number of rotatable bonds is 4. The number of hydrogen-bond acceptors (Lipinski definition) is 2. The van der Waals surface area contributed by atoms with Gasteiger partial charge in [0.15, 0.2) is 0 Å². The average molecular weight is 286 g/mol. The lowest BCUT2D eigenvalue weighted by molar-refractivity contribution is 0.482. The molecule has 3 heteroatoms. The van der Waals surface area contributed by atoms with Crippen molar-refractivity contribution in [2.45, 2.75) is 19.5 Å². The fourth-order valence-corrected chi connectivity index (χ4v) is 2.37. The molecule has 0 saturated heterocycles. The first kappa shape index (κ1) is 13.2. The second-order valence-electron chi connectivity index (χ2n) is 4.90. The van der Waals surface area contributed by atoms with Crippen LogP contribution in [-0.4, -0.2) is 0 Å². The molecule has 1 heterocycles. The van der Waals surface area contributed by atoms with Crippen LogP contribution >= 0.6 is 11.6 Å². The predicted molar refractivity (Wildman–Crippen MR) is 82.9 cm³/mol. The zero-order chi connectivity index (χ0) is 13.9. The van der Waals surface area contributed by atoms with Crippen LogP contribution in [0.2, 0.25) is 5.02 Å². The standard InChI is InChI=1S/C17H16ClNO/c1-12(13-6-8-15(18)9-7-13)19-11-16-10-14-4-2-3-5-17(14)20-16/h2-10,12,19H,11H2,1H3/t12-/m0/s1. The van der Waals surface area contributed by atoms with E-state index in [0.29, 0.717) is 6.54 Å². The van der Waals surface area contributed by atoms with Crippen molar-refractivity contribution in [3.8, 4) is 0 Å². The second-order valence-corrected chi connectivity index (χ2v) is 5.34. The molecule has 0 aliphatic carbocycles. The summed E-state index contributed by atoms with van der Waals surface area (Å²) < 4.78 is 5.79. The van der Waals surface area contributed by atoms with Crippen LogP contribution in [0.5, 0.6) is 0 Å². The zero-order valence-electron chi connectivity index (χ0n) is 11.3. The van der Waals surface area contributed by atoms with Gasteiger partial charge >= 0.3 is 0 Å². The minimum atomic E-state index is 0.250. The highest BCUT2D eigenvalue weighted by Gasteiger charge is 2.07. The van der Waals surface area contributed by atoms with E-state index in [0.717, 1.165) is 21.8 Å². The van der Waals surface area contributed by atoms with Crippen LogP contribution in [0.25, 0.3) is 11.0 Å². The van der Waals surface area contributed by atoms with Crippen molar-refractivity contribution in [1.82, 2.24) is 5.32 Å². The van der Waals surface area contributed by atoms with E-state index in [-0.39, 0.29) is 6.04 Å².